The zero-order valence-electron chi connectivity index (χ0n) is 17.4. The zero-order valence-corrected chi connectivity index (χ0v) is 17.4. The number of nitrogens with zero attached hydrogens (tertiary/aromatic N) is 4. The predicted octanol–water partition coefficient (Wildman–Crippen LogP) is 4.59. The van der Waals surface area contributed by atoms with Crippen molar-refractivity contribution in [1.82, 2.24) is 19.5 Å². The van der Waals surface area contributed by atoms with E-state index in [0.717, 1.165) is 29.9 Å². The Morgan fingerprint density at radius 1 is 1.06 bits per heavy atom. The highest BCUT2D eigenvalue weighted by Gasteiger charge is 2.33. The summed E-state index contributed by atoms with van der Waals surface area (Å²) in [6.45, 7) is 3.24. The molecule has 3 heterocycles. The van der Waals surface area contributed by atoms with Gasteiger partial charge in [0.2, 0.25) is 0 Å². The number of hydrogen-bond acceptors (Lipinski definition) is 4. The molecule has 0 bridgehead atoms. The molecular weight excluding hydrogens is 388 g/mol. The van der Waals surface area contributed by atoms with E-state index in [0.29, 0.717) is 24.5 Å². The fourth-order valence-electron chi connectivity index (χ4n) is 4.22. The number of carbonyl (C=O) groups excluding carboxylic acids is 1. The van der Waals surface area contributed by atoms with E-state index in [-0.39, 0.29) is 11.9 Å². The third kappa shape index (κ3) is 3.89. The second-order valence-electron chi connectivity index (χ2n) is 7.95. The van der Waals surface area contributed by atoms with Crippen LogP contribution >= 0.6 is 0 Å². The van der Waals surface area contributed by atoms with Crippen molar-refractivity contribution in [2.24, 2.45) is 0 Å². The number of aromatic nitrogens is 3. The smallest absolute Gasteiger partial charge is 0.254 e. The van der Waals surface area contributed by atoms with Gasteiger partial charge in [-0.15, -0.1) is 10.2 Å². The Hall–Kier alpha value is -3.67. The van der Waals surface area contributed by atoms with Gasteiger partial charge < -0.3 is 9.64 Å². The number of carbonyl (C=O) groups is 1. The fraction of sp³-hybridized carbons (Fsp3) is 0.240. The SMILES string of the molecule is Cc1cccc(COc2cccc(C(=O)N3CCCC3c3nnc4ccccn34)c2)c1. The number of benzene rings is 2. The van der Waals surface area contributed by atoms with Crippen molar-refractivity contribution in [2.45, 2.75) is 32.4 Å². The minimum Gasteiger partial charge on any atom is -0.489 e. The van der Waals surface area contributed by atoms with E-state index in [4.69, 9.17) is 4.74 Å². The summed E-state index contributed by atoms with van der Waals surface area (Å²) in [6.07, 6.45) is 3.78. The number of rotatable bonds is 5. The number of ether oxygens (including phenoxy) is 1. The van der Waals surface area contributed by atoms with Gasteiger partial charge in [0, 0.05) is 18.3 Å². The molecule has 0 saturated carbocycles. The summed E-state index contributed by atoms with van der Waals surface area (Å²) in [4.78, 5) is 15.3. The third-order valence-corrected chi connectivity index (χ3v) is 5.72. The molecule has 6 nitrogen and oxygen atoms in total. The summed E-state index contributed by atoms with van der Waals surface area (Å²) in [7, 11) is 0. The first-order valence-corrected chi connectivity index (χ1v) is 10.6. The van der Waals surface area contributed by atoms with Gasteiger partial charge in [-0.1, -0.05) is 42.0 Å². The quantitative estimate of drug-likeness (QED) is 0.481. The molecule has 2 aromatic heterocycles. The summed E-state index contributed by atoms with van der Waals surface area (Å²) >= 11 is 0. The van der Waals surface area contributed by atoms with Crippen LogP contribution in [-0.4, -0.2) is 31.9 Å². The lowest BCUT2D eigenvalue weighted by Crippen LogP contribution is -2.31. The van der Waals surface area contributed by atoms with Crippen LogP contribution in [0.4, 0.5) is 0 Å². The van der Waals surface area contributed by atoms with Crippen molar-refractivity contribution in [1.29, 1.82) is 0 Å². The third-order valence-electron chi connectivity index (χ3n) is 5.72. The molecule has 31 heavy (non-hydrogen) atoms. The van der Waals surface area contributed by atoms with Crippen molar-refractivity contribution in [3.63, 3.8) is 0 Å². The summed E-state index contributed by atoms with van der Waals surface area (Å²) in [5.74, 6) is 1.50. The van der Waals surface area contributed by atoms with E-state index in [1.54, 1.807) is 0 Å². The summed E-state index contributed by atoms with van der Waals surface area (Å²) in [5, 5.41) is 8.64. The van der Waals surface area contributed by atoms with E-state index >= 15 is 0 Å². The molecule has 1 saturated heterocycles. The normalized spacial score (nSPS) is 16.0. The Kier molecular flexibility index (Phi) is 5.12. The number of amides is 1. The Labute approximate surface area is 181 Å². The lowest BCUT2D eigenvalue weighted by Gasteiger charge is -2.23. The van der Waals surface area contributed by atoms with Crippen LogP contribution in [0.5, 0.6) is 5.75 Å². The molecule has 0 N–H and O–H groups in total. The van der Waals surface area contributed by atoms with Crippen LogP contribution in [0, 0.1) is 6.92 Å². The van der Waals surface area contributed by atoms with Gasteiger partial charge in [-0.05, 0) is 55.7 Å². The molecule has 156 valence electrons. The first-order valence-electron chi connectivity index (χ1n) is 10.6. The van der Waals surface area contributed by atoms with Crippen LogP contribution in [-0.2, 0) is 6.61 Å². The van der Waals surface area contributed by atoms with Gasteiger partial charge in [0.05, 0.1) is 6.04 Å². The topological polar surface area (TPSA) is 59.7 Å². The lowest BCUT2D eigenvalue weighted by atomic mass is 10.1. The van der Waals surface area contributed by atoms with Crippen LogP contribution in [0.1, 0.15) is 46.2 Å². The monoisotopic (exact) mass is 412 g/mol. The van der Waals surface area contributed by atoms with E-state index in [1.807, 2.05) is 70.1 Å². The number of hydrogen-bond donors (Lipinski definition) is 0. The average Bonchev–Trinajstić information content (AvgIpc) is 3.44. The standard InChI is InChI=1S/C25H24N4O2/c1-18-7-4-8-19(15-18)17-31-21-10-5-9-20(16-21)25(30)28-14-6-11-22(28)24-27-26-23-12-2-3-13-29(23)24/h2-5,7-10,12-13,15-16,22H,6,11,14,17H2,1H3. The lowest BCUT2D eigenvalue weighted by molar-refractivity contribution is 0.0728. The highest BCUT2D eigenvalue weighted by Crippen LogP contribution is 2.32. The number of likely N-dealkylation sites (tertiary alicyclic amines) is 1. The van der Waals surface area contributed by atoms with Crippen LogP contribution < -0.4 is 4.74 Å². The molecule has 1 aliphatic rings. The van der Waals surface area contributed by atoms with E-state index < -0.39 is 0 Å². The maximum atomic E-state index is 13.4. The molecule has 1 amide bonds. The predicted molar refractivity (Wildman–Crippen MR) is 118 cm³/mol. The summed E-state index contributed by atoms with van der Waals surface area (Å²) in [6, 6.07) is 21.4. The molecule has 2 aromatic carbocycles. The van der Waals surface area contributed by atoms with E-state index in [2.05, 4.69) is 29.3 Å². The first kappa shape index (κ1) is 19.3. The molecule has 1 aliphatic heterocycles. The minimum atomic E-state index is -0.0817. The van der Waals surface area contributed by atoms with Crippen LogP contribution in [0.25, 0.3) is 5.65 Å². The van der Waals surface area contributed by atoms with Crippen molar-refractivity contribution in [2.75, 3.05) is 6.54 Å². The molecule has 1 fully saturated rings. The molecule has 1 atom stereocenters. The molecular formula is C25H24N4O2. The van der Waals surface area contributed by atoms with Crippen LogP contribution in [0.3, 0.4) is 0 Å². The fourth-order valence-corrected chi connectivity index (χ4v) is 4.22. The van der Waals surface area contributed by atoms with Gasteiger partial charge in [-0.2, -0.15) is 0 Å². The summed E-state index contributed by atoms with van der Waals surface area (Å²) in [5.41, 5.74) is 3.73. The second kappa shape index (κ2) is 8.22. The number of fused-ring (bicyclic) bond motifs is 1. The number of pyridine rings is 1. The van der Waals surface area contributed by atoms with Gasteiger partial charge in [0.15, 0.2) is 11.5 Å². The number of aryl methyl sites for hydroxylation is 1. The maximum absolute atomic E-state index is 13.4. The van der Waals surface area contributed by atoms with Gasteiger partial charge in [0.1, 0.15) is 12.4 Å². The van der Waals surface area contributed by atoms with Crippen molar-refractivity contribution in [3.05, 3.63) is 95.4 Å². The van der Waals surface area contributed by atoms with Gasteiger partial charge in [0.25, 0.3) is 5.91 Å². The highest BCUT2D eigenvalue weighted by atomic mass is 16.5. The Morgan fingerprint density at radius 2 is 1.97 bits per heavy atom. The van der Waals surface area contributed by atoms with Crippen LogP contribution in [0.2, 0.25) is 0 Å². The molecule has 0 aliphatic carbocycles. The van der Waals surface area contributed by atoms with Crippen molar-refractivity contribution in [3.8, 4) is 5.75 Å². The molecule has 0 spiro atoms. The Morgan fingerprint density at radius 3 is 2.87 bits per heavy atom. The Bertz CT molecular complexity index is 1230. The van der Waals surface area contributed by atoms with Gasteiger partial charge in [-0.25, -0.2) is 0 Å². The summed E-state index contributed by atoms with van der Waals surface area (Å²) < 4.78 is 7.93. The minimum absolute atomic E-state index is 0.00353. The van der Waals surface area contributed by atoms with E-state index in [1.165, 1.54) is 5.56 Å². The molecule has 4 aromatic rings. The zero-order chi connectivity index (χ0) is 21.2. The van der Waals surface area contributed by atoms with E-state index in [9.17, 15) is 4.79 Å². The molecule has 0 radical (unpaired) electrons. The van der Waals surface area contributed by atoms with Crippen LogP contribution in [0.15, 0.2) is 72.9 Å². The molecule has 1 unspecified atom stereocenters. The van der Waals surface area contributed by atoms with Crippen molar-refractivity contribution >= 4 is 11.6 Å². The molecule has 5 rings (SSSR count). The first-order chi connectivity index (χ1) is 15.2. The van der Waals surface area contributed by atoms with Gasteiger partial charge >= 0.3 is 0 Å². The largest absolute Gasteiger partial charge is 0.489 e. The van der Waals surface area contributed by atoms with Gasteiger partial charge in [-0.3, -0.25) is 9.20 Å². The maximum Gasteiger partial charge on any atom is 0.254 e. The Balaban J connectivity index is 1.35. The highest BCUT2D eigenvalue weighted by molar-refractivity contribution is 5.95. The molecule has 6 heteroatoms. The average molecular weight is 412 g/mol. The second-order valence-corrected chi connectivity index (χ2v) is 7.95. The van der Waals surface area contributed by atoms with Crippen molar-refractivity contribution < 1.29 is 9.53 Å².